The average molecular weight is 375 g/mol. The van der Waals surface area contributed by atoms with E-state index in [1.165, 1.54) is 12.1 Å². The molecular formula is C20H20ClFN2O2. The van der Waals surface area contributed by atoms with Crippen LogP contribution in [0, 0.1) is 5.82 Å². The summed E-state index contributed by atoms with van der Waals surface area (Å²) >= 11 is 5.86. The van der Waals surface area contributed by atoms with Crippen molar-refractivity contribution in [3.05, 3.63) is 70.5 Å². The summed E-state index contributed by atoms with van der Waals surface area (Å²) in [5, 5.41) is 3.59. The fourth-order valence-corrected chi connectivity index (χ4v) is 3.22. The highest BCUT2D eigenvalue weighted by atomic mass is 35.5. The summed E-state index contributed by atoms with van der Waals surface area (Å²) in [5.74, 6) is -0.517. The molecule has 4 nitrogen and oxygen atoms in total. The van der Waals surface area contributed by atoms with Gasteiger partial charge >= 0.3 is 0 Å². The lowest BCUT2D eigenvalue weighted by Gasteiger charge is -2.24. The maximum absolute atomic E-state index is 13.0. The lowest BCUT2D eigenvalue weighted by atomic mass is 10.1. The van der Waals surface area contributed by atoms with E-state index in [-0.39, 0.29) is 17.6 Å². The first-order valence-electron chi connectivity index (χ1n) is 8.59. The van der Waals surface area contributed by atoms with E-state index in [1.807, 2.05) is 24.3 Å². The molecule has 1 N–H and O–H groups in total. The zero-order chi connectivity index (χ0) is 18.5. The predicted molar refractivity (Wildman–Crippen MR) is 98.1 cm³/mol. The summed E-state index contributed by atoms with van der Waals surface area (Å²) in [7, 11) is 0. The summed E-state index contributed by atoms with van der Waals surface area (Å²) in [5.41, 5.74) is 1.89. The monoisotopic (exact) mass is 374 g/mol. The quantitative estimate of drug-likeness (QED) is 0.843. The van der Waals surface area contributed by atoms with E-state index in [1.54, 1.807) is 17.0 Å². The van der Waals surface area contributed by atoms with Gasteiger partial charge in [-0.15, -0.1) is 0 Å². The number of benzene rings is 2. The van der Waals surface area contributed by atoms with Crippen molar-refractivity contribution in [3.8, 4) is 0 Å². The van der Waals surface area contributed by atoms with Gasteiger partial charge in [-0.25, -0.2) is 4.39 Å². The van der Waals surface area contributed by atoms with Crippen LogP contribution in [0.1, 0.15) is 24.0 Å². The van der Waals surface area contributed by atoms with Crippen LogP contribution in [0.5, 0.6) is 0 Å². The minimum atomic E-state index is -0.474. The van der Waals surface area contributed by atoms with Crippen LogP contribution in [0.3, 0.4) is 0 Å². The molecule has 1 fully saturated rings. The number of carbonyl (C=O) groups excluding carboxylic acids is 2. The lowest BCUT2D eigenvalue weighted by molar-refractivity contribution is -0.135. The fourth-order valence-electron chi connectivity index (χ4n) is 3.09. The number of nitrogens with zero attached hydrogens (tertiary/aromatic N) is 1. The van der Waals surface area contributed by atoms with E-state index in [4.69, 9.17) is 11.6 Å². The third-order valence-corrected chi connectivity index (χ3v) is 4.78. The van der Waals surface area contributed by atoms with Crippen molar-refractivity contribution in [2.75, 3.05) is 6.54 Å². The molecule has 0 aliphatic carbocycles. The van der Waals surface area contributed by atoms with E-state index in [2.05, 4.69) is 5.32 Å². The second-order valence-corrected chi connectivity index (χ2v) is 6.81. The molecule has 0 saturated carbocycles. The van der Waals surface area contributed by atoms with E-state index >= 15 is 0 Å². The molecule has 1 aliphatic rings. The van der Waals surface area contributed by atoms with Gasteiger partial charge in [-0.2, -0.15) is 0 Å². The normalized spacial score (nSPS) is 16.8. The van der Waals surface area contributed by atoms with Crippen LogP contribution in [-0.4, -0.2) is 29.3 Å². The van der Waals surface area contributed by atoms with Crippen molar-refractivity contribution in [2.24, 2.45) is 0 Å². The minimum absolute atomic E-state index is 0.0489. The second kappa shape index (κ2) is 8.32. The summed E-state index contributed by atoms with van der Waals surface area (Å²) < 4.78 is 13.0. The van der Waals surface area contributed by atoms with Gasteiger partial charge in [0, 0.05) is 24.5 Å². The summed E-state index contributed by atoms with van der Waals surface area (Å²) in [6, 6.07) is 13.0. The van der Waals surface area contributed by atoms with Gasteiger partial charge in [-0.05, 0) is 48.2 Å². The molecule has 0 unspecified atom stereocenters. The van der Waals surface area contributed by atoms with Gasteiger partial charge in [0.05, 0.1) is 0 Å². The third-order valence-electron chi connectivity index (χ3n) is 4.52. The van der Waals surface area contributed by atoms with Crippen molar-refractivity contribution in [1.29, 1.82) is 0 Å². The van der Waals surface area contributed by atoms with Crippen LogP contribution in [0.2, 0.25) is 5.02 Å². The largest absolute Gasteiger partial charge is 0.354 e. The Bertz CT molecular complexity index is 777. The third kappa shape index (κ3) is 4.61. The number of rotatable bonds is 6. The molecule has 2 amide bonds. The maximum atomic E-state index is 13.0. The van der Waals surface area contributed by atoms with Crippen molar-refractivity contribution >= 4 is 23.4 Å². The Morgan fingerprint density at radius 2 is 1.77 bits per heavy atom. The van der Waals surface area contributed by atoms with Gasteiger partial charge < -0.3 is 10.2 Å². The van der Waals surface area contributed by atoms with Gasteiger partial charge in [0.2, 0.25) is 11.8 Å². The number of hydrogen-bond acceptors (Lipinski definition) is 2. The van der Waals surface area contributed by atoms with Gasteiger partial charge in [0.25, 0.3) is 0 Å². The zero-order valence-electron chi connectivity index (χ0n) is 14.3. The molecule has 1 heterocycles. The average Bonchev–Trinajstić information content (AvgIpc) is 2.99. The number of amides is 2. The molecule has 0 aromatic heterocycles. The van der Waals surface area contributed by atoms with Gasteiger partial charge in [-0.1, -0.05) is 35.9 Å². The molecule has 2 aromatic rings. The molecule has 2 aromatic carbocycles. The Kier molecular flexibility index (Phi) is 5.89. The van der Waals surface area contributed by atoms with Crippen molar-refractivity contribution in [1.82, 2.24) is 10.2 Å². The van der Waals surface area contributed by atoms with E-state index in [0.29, 0.717) is 37.4 Å². The van der Waals surface area contributed by atoms with Crippen LogP contribution in [0.25, 0.3) is 0 Å². The van der Waals surface area contributed by atoms with E-state index < -0.39 is 6.04 Å². The zero-order valence-corrected chi connectivity index (χ0v) is 15.0. The van der Waals surface area contributed by atoms with Crippen LogP contribution < -0.4 is 5.32 Å². The molecule has 1 aliphatic heterocycles. The standard InChI is InChI=1S/C20H20ClFN2O2/c21-16-5-1-14(2-6-16)11-12-23-20(26)18-9-10-19(25)24(18)13-15-3-7-17(22)8-4-15/h1-8,18H,9-13H2,(H,23,26)/t18-/m1/s1. The van der Waals surface area contributed by atoms with Crippen LogP contribution in [0.4, 0.5) is 4.39 Å². The molecule has 0 radical (unpaired) electrons. The van der Waals surface area contributed by atoms with Crippen molar-refractivity contribution in [3.63, 3.8) is 0 Å². The van der Waals surface area contributed by atoms with Crippen molar-refractivity contribution in [2.45, 2.75) is 31.8 Å². The number of nitrogens with one attached hydrogen (secondary N) is 1. The Morgan fingerprint density at radius 3 is 2.46 bits per heavy atom. The van der Waals surface area contributed by atoms with Crippen LogP contribution in [-0.2, 0) is 22.6 Å². The molecule has 1 saturated heterocycles. The summed E-state index contributed by atoms with van der Waals surface area (Å²) in [4.78, 5) is 26.2. The molecule has 3 rings (SSSR count). The Labute approximate surface area is 157 Å². The number of hydrogen-bond donors (Lipinski definition) is 1. The first kappa shape index (κ1) is 18.4. The molecule has 136 valence electrons. The van der Waals surface area contributed by atoms with E-state index in [9.17, 15) is 14.0 Å². The topological polar surface area (TPSA) is 49.4 Å². The van der Waals surface area contributed by atoms with E-state index in [0.717, 1.165) is 11.1 Å². The van der Waals surface area contributed by atoms with Gasteiger partial charge in [0.15, 0.2) is 0 Å². The van der Waals surface area contributed by atoms with Gasteiger partial charge in [-0.3, -0.25) is 9.59 Å². The van der Waals surface area contributed by atoms with Crippen LogP contribution >= 0.6 is 11.6 Å². The highest BCUT2D eigenvalue weighted by Crippen LogP contribution is 2.22. The van der Waals surface area contributed by atoms with Crippen LogP contribution in [0.15, 0.2) is 48.5 Å². The molecule has 26 heavy (non-hydrogen) atoms. The highest BCUT2D eigenvalue weighted by Gasteiger charge is 2.35. The van der Waals surface area contributed by atoms with Gasteiger partial charge in [0.1, 0.15) is 11.9 Å². The Balaban J connectivity index is 1.55. The Morgan fingerprint density at radius 1 is 1.12 bits per heavy atom. The molecule has 1 atom stereocenters. The first-order valence-corrected chi connectivity index (χ1v) is 8.97. The smallest absolute Gasteiger partial charge is 0.242 e. The lowest BCUT2D eigenvalue weighted by Crippen LogP contribution is -2.44. The summed E-state index contributed by atoms with van der Waals surface area (Å²) in [6.07, 6.45) is 1.56. The predicted octanol–water partition coefficient (Wildman–Crippen LogP) is 3.33. The fraction of sp³-hybridized carbons (Fsp3) is 0.300. The SMILES string of the molecule is O=C(NCCc1ccc(Cl)cc1)[C@H]1CCC(=O)N1Cc1ccc(F)cc1. The molecule has 6 heteroatoms. The molecule has 0 spiro atoms. The molecule has 0 bridgehead atoms. The maximum Gasteiger partial charge on any atom is 0.242 e. The number of likely N-dealkylation sites (tertiary alicyclic amines) is 1. The molecular weight excluding hydrogens is 355 g/mol. The second-order valence-electron chi connectivity index (χ2n) is 6.37. The highest BCUT2D eigenvalue weighted by molar-refractivity contribution is 6.30. The Hall–Kier alpha value is -2.40. The van der Waals surface area contributed by atoms with Crippen molar-refractivity contribution < 1.29 is 14.0 Å². The number of carbonyl (C=O) groups is 2. The summed E-state index contributed by atoms with van der Waals surface area (Å²) in [6.45, 7) is 0.809. The minimum Gasteiger partial charge on any atom is -0.354 e. The first-order chi connectivity index (χ1) is 12.5. The number of halogens is 2.